The number of methoxy groups -OCH3 is 2. The Morgan fingerprint density at radius 1 is 0.771 bits per heavy atom. The molecular formula is C52H79N7O11. The zero-order valence-electron chi connectivity index (χ0n) is 43.4. The van der Waals surface area contributed by atoms with Crippen molar-refractivity contribution in [3.8, 4) is 0 Å². The summed E-state index contributed by atoms with van der Waals surface area (Å²) in [5.41, 5.74) is 1.38. The molecule has 0 aliphatic carbocycles. The van der Waals surface area contributed by atoms with Crippen LogP contribution in [0.5, 0.6) is 0 Å². The molecule has 18 nitrogen and oxygen atoms in total. The number of hydrogen-bond donors (Lipinski definition) is 3. The molecule has 2 aliphatic heterocycles. The van der Waals surface area contributed by atoms with Gasteiger partial charge in [0.05, 0.1) is 73.6 Å². The van der Waals surface area contributed by atoms with Gasteiger partial charge in [-0.25, -0.2) is 0 Å². The van der Waals surface area contributed by atoms with Gasteiger partial charge in [-0.3, -0.25) is 43.3 Å². The fraction of sp³-hybridized carbons (Fsp3) is 0.635. The van der Waals surface area contributed by atoms with Crippen molar-refractivity contribution >= 4 is 41.4 Å². The van der Waals surface area contributed by atoms with E-state index in [9.17, 15) is 33.6 Å². The number of likely N-dealkylation sites (tertiary alicyclic amines) is 1. The first kappa shape index (κ1) is 57.3. The van der Waals surface area contributed by atoms with Crippen LogP contribution in [0.1, 0.15) is 100 Å². The van der Waals surface area contributed by atoms with E-state index < -0.39 is 72.0 Å². The molecule has 0 saturated carbocycles. The van der Waals surface area contributed by atoms with Gasteiger partial charge in [0.1, 0.15) is 12.1 Å². The fourth-order valence-corrected chi connectivity index (χ4v) is 9.72. The van der Waals surface area contributed by atoms with Crippen molar-refractivity contribution < 1.29 is 52.6 Å². The van der Waals surface area contributed by atoms with Crippen LogP contribution < -0.4 is 16.0 Å². The number of carbonyl (C=O) groups excluding carboxylic acids is 7. The van der Waals surface area contributed by atoms with Crippen LogP contribution in [0.15, 0.2) is 54.6 Å². The van der Waals surface area contributed by atoms with Crippen LogP contribution >= 0.6 is 0 Å². The van der Waals surface area contributed by atoms with E-state index in [1.165, 1.54) is 14.2 Å². The molecule has 2 aliphatic rings. The summed E-state index contributed by atoms with van der Waals surface area (Å²) in [7, 11) is 8.45. The van der Waals surface area contributed by atoms with Gasteiger partial charge in [-0.15, -0.1) is 5.06 Å². The predicted molar refractivity (Wildman–Crippen MR) is 264 cm³/mol. The maximum atomic E-state index is 14.4. The van der Waals surface area contributed by atoms with Gasteiger partial charge in [-0.1, -0.05) is 97.4 Å². The lowest BCUT2D eigenvalue weighted by Crippen LogP contribution is -2.59. The van der Waals surface area contributed by atoms with Crippen molar-refractivity contribution in [3.05, 3.63) is 71.3 Å². The predicted octanol–water partition coefficient (Wildman–Crippen LogP) is 3.72. The summed E-state index contributed by atoms with van der Waals surface area (Å²) in [6, 6.07) is 12.6. The Hall–Kier alpha value is -5.27. The molecule has 70 heavy (non-hydrogen) atoms. The molecule has 3 N–H and O–H groups in total. The molecule has 7 amide bonds. The van der Waals surface area contributed by atoms with E-state index in [4.69, 9.17) is 19.0 Å². The van der Waals surface area contributed by atoms with Crippen LogP contribution in [0.3, 0.4) is 0 Å². The van der Waals surface area contributed by atoms with Crippen molar-refractivity contribution in [2.24, 2.45) is 23.7 Å². The van der Waals surface area contributed by atoms with Crippen molar-refractivity contribution in [1.29, 1.82) is 0 Å². The summed E-state index contributed by atoms with van der Waals surface area (Å²) in [6.45, 7) is 14.1. The SMILES string of the molecule is CC[C@H](C)[C@@H]([C@@H](CC(=O)N1CCC[C@H]1[C@H](OC)[C@@H](C)C(=O)N[C@@H](Cc1ccccc1)C(=O)NCCOCCON1C(=O)c2ccccc2C1=O)OC)N(C)C(=O)[C@@H](NC(=O)[C@H](C(C)C)N(C)C)C(C)C. The van der Waals surface area contributed by atoms with E-state index in [0.29, 0.717) is 25.8 Å². The second kappa shape index (κ2) is 27.4. The number of carbonyl (C=O) groups is 7. The Bertz CT molecular complexity index is 2030. The van der Waals surface area contributed by atoms with Crippen LogP contribution in [-0.4, -0.2) is 172 Å². The number of amides is 7. The highest BCUT2D eigenvalue weighted by molar-refractivity contribution is 6.20. The van der Waals surface area contributed by atoms with Crippen LogP contribution in [0, 0.1) is 23.7 Å². The molecule has 1 fully saturated rings. The number of fused-ring (bicyclic) bond motifs is 1. The highest BCUT2D eigenvalue weighted by Crippen LogP contribution is 2.30. The second-order valence-electron chi connectivity index (χ2n) is 19.4. The van der Waals surface area contributed by atoms with Crippen LogP contribution in [0.4, 0.5) is 0 Å². The van der Waals surface area contributed by atoms with E-state index in [0.717, 1.165) is 10.6 Å². The van der Waals surface area contributed by atoms with Crippen molar-refractivity contribution in [2.45, 2.75) is 123 Å². The minimum atomic E-state index is -0.957. The summed E-state index contributed by atoms with van der Waals surface area (Å²) in [5.74, 6) is -3.67. The van der Waals surface area contributed by atoms with Gasteiger partial charge in [0, 0.05) is 40.8 Å². The molecule has 0 radical (unpaired) electrons. The molecule has 0 aromatic heterocycles. The van der Waals surface area contributed by atoms with Crippen LogP contribution in [-0.2, 0) is 49.4 Å². The lowest BCUT2D eigenvalue weighted by atomic mass is 9.89. The Kier molecular flexibility index (Phi) is 22.4. The maximum absolute atomic E-state index is 14.4. The number of hydroxylamine groups is 2. The third-order valence-corrected chi connectivity index (χ3v) is 13.6. The number of nitrogens with zero attached hydrogens (tertiary/aromatic N) is 4. The Labute approximate surface area is 414 Å². The Morgan fingerprint density at radius 3 is 1.96 bits per heavy atom. The molecule has 2 heterocycles. The number of likely N-dealkylation sites (N-methyl/N-ethyl adjacent to an activating group) is 2. The summed E-state index contributed by atoms with van der Waals surface area (Å²) < 4.78 is 17.7. The molecular weight excluding hydrogens is 899 g/mol. The lowest BCUT2D eigenvalue weighted by molar-refractivity contribution is -0.148. The van der Waals surface area contributed by atoms with Crippen molar-refractivity contribution in [3.63, 3.8) is 0 Å². The molecule has 9 atom stereocenters. The Morgan fingerprint density at radius 2 is 1.40 bits per heavy atom. The molecule has 388 valence electrons. The van der Waals surface area contributed by atoms with Crippen LogP contribution in [0.25, 0.3) is 0 Å². The van der Waals surface area contributed by atoms with Gasteiger partial charge < -0.3 is 40.0 Å². The molecule has 2 aromatic carbocycles. The lowest BCUT2D eigenvalue weighted by Gasteiger charge is -2.41. The normalized spacial score (nSPS) is 18.2. The average Bonchev–Trinajstić information content (AvgIpc) is 3.91. The molecule has 18 heteroatoms. The van der Waals surface area contributed by atoms with E-state index in [1.54, 1.807) is 48.0 Å². The monoisotopic (exact) mass is 978 g/mol. The van der Waals surface area contributed by atoms with Crippen molar-refractivity contribution in [1.82, 2.24) is 35.7 Å². The minimum Gasteiger partial charge on any atom is -0.379 e. The zero-order chi connectivity index (χ0) is 51.8. The van der Waals surface area contributed by atoms with E-state index in [2.05, 4.69) is 16.0 Å². The number of rotatable bonds is 28. The van der Waals surface area contributed by atoms with Gasteiger partial charge >= 0.3 is 0 Å². The first-order valence-corrected chi connectivity index (χ1v) is 24.7. The van der Waals surface area contributed by atoms with Gasteiger partial charge in [0.15, 0.2) is 0 Å². The summed E-state index contributed by atoms with van der Waals surface area (Å²) in [5, 5.41) is 9.54. The largest absolute Gasteiger partial charge is 0.379 e. The van der Waals surface area contributed by atoms with Crippen LogP contribution in [0.2, 0.25) is 0 Å². The number of hydrogen-bond acceptors (Lipinski definition) is 12. The quantitative estimate of drug-likeness (QED) is 0.0825. The van der Waals surface area contributed by atoms with Gasteiger partial charge in [0.2, 0.25) is 29.5 Å². The first-order valence-electron chi connectivity index (χ1n) is 24.7. The first-order chi connectivity index (χ1) is 33.3. The van der Waals surface area contributed by atoms with Gasteiger partial charge in [0.25, 0.3) is 11.8 Å². The standard InChI is InChI=1S/C52H79N7O11/c1-13-34(6)45(57(10)52(66)43(32(2)3)55-49(63)44(33(4)5)56(8)9)41(67-11)31-42(60)58-26-19-24-40(58)46(68-12)35(7)47(61)54-39(30-36-20-15-14-16-21-36)48(62)53-25-27-69-28-29-70-59-50(64)37-22-17-18-23-38(37)51(59)65/h14-18,20-23,32-35,39-41,43-46H,13,19,24-31H2,1-12H3,(H,53,62)(H,54,61)(H,55,63)/t34-,35+,39-,40-,41+,43-,44-,45-,46+/m0/s1. The molecule has 0 bridgehead atoms. The zero-order valence-corrected chi connectivity index (χ0v) is 43.4. The van der Waals surface area contributed by atoms with E-state index >= 15 is 0 Å². The number of nitrogens with one attached hydrogen (secondary N) is 3. The molecule has 0 spiro atoms. The smallest absolute Gasteiger partial charge is 0.285 e. The third kappa shape index (κ3) is 14.7. The number of benzene rings is 2. The molecule has 2 aromatic rings. The van der Waals surface area contributed by atoms with E-state index in [1.807, 2.05) is 90.9 Å². The van der Waals surface area contributed by atoms with Gasteiger partial charge in [-0.2, -0.15) is 0 Å². The topological polar surface area (TPSA) is 205 Å². The minimum absolute atomic E-state index is 0.0166. The fourth-order valence-electron chi connectivity index (χ4n) is 9.72. The molecule has 0 unspecified atom stereocenters. The third-order valence-electron chi connectivity index (χ3n) is 13.6. The Balaban J connectivity index is 1.39. The van der Waals surface area contributed by atoms with Crippen molar-refractivity contribution in [2.75, 3.05) is 68.3 Å². The second-order valence-corrected chi connectivity index (χ2v) is 19.4. The summed E-state index contributed by atoms with van der Waals surface area (Å²) in [4.78, 5) is 106. The number of ether oxygens (including phenoxy) is 3. The highest BCUT2D eigenvalue weighted by Gasteiger charge is 2.44. The molecule has 1 saturated heterocycles. The highest BCUT2D eigenvalue weighted by atomic mass is 16.7. The summed E-state index contributed by atoms with van der Waals surface area (Å²) in [6.07, 6.45) is 0.742. The maximum Gasteiger partial charge on any atom is 0.285 e. The average molecular weight is 978 g/mol. The van der Waals surface area contributed by atoms with E-state index in [-0.39, 0.29) is 85.8 Å². The summed E-state index contributed by atoms with van der Waals surface area (Å²) >= 11 is 0. The molecule has 4 rings (SSSR count). The van der Waals surface area contributed by atoms with Gasteiger partial charge in [-0.05, 0) is 62.4 Å². The number of imide groups is 1.